The van der Waals surface area contributed by atoms with Gasteiger partial charge in [-0.25, -0.2) is 0 Å². The molecule has 6 heteroatoms. The summed E-state index contributed by atoms with van der Waals surface area (Å²) in [5.41, 5.74) is 19.7. The predicted octanol–water partition coefficient (Wildman–Crippen LogP) is 8.82. The van der Waals surface area contributed by atoms with Gasteiger partial charge < -0.3 is 16.4 Å². The van der Waals surface area contributed by atoms with Gasteiger partial charge in [0.1, 0.15) is 5.69 Å². The summed E-state index contributed by atoms with van der Waals surface area (Å²) in [5, 5.41) is 17.7. The fourth-order valence-corrected chi connectivity index (χ4v) is 4.32. The molecule has 4 N–H and O–H groups in total. The molecule has 0 atom stereocenters. The Bertz CT molecular complexity index is 1450. The van der Waals surface area contributed by atoms with Crippen LogP contribution in [0.25, 0.3) is 0 Å². The lowest BCUT2D eigenvalue weighted by Crippen LogP contribution is -2.00. The number of nitrogens with one attached hydrogen (secondary N) is 2. The van der Waals surface area contributed by atoms with Crippen molar-refractivity contribution >= 4 is 34.1 Å². The zero-order chi connectivity index (χ0) is 28.1. The van der Waals surface area contributed by atoms with Gasteiger partial charge in [0, 0.05) is 16.9 Å². The van der Waals surface area contributed by atoms with Gasteiger partial charge in [-0.3, -0.25) is 10.1 Å². The normalized spacial score (nSPS) is 10.4. The van der Waals surface area contributed by atoms with Crippen LogP contribution in [0.5, 0.6) is 0 Å². The summed E-state index contributed by atoms with van der Waals surface area (Å²) in [5.74, 6) is 0. The van der Waals surface area contributed by atoms with Crippen molar-refractivity contribution in [3.05, 3.63) is 115 Å². The number of benzene rings is 4. The summed E-state index contributed by atoms with van der Waals surface area (Å²) in [6.07, 6.45) is 0. The molecule has 0 spiro atoms. The van der Waals surface area contributed by atoms with E-state index in [4.69, 9.17) is 5.73 Å². The Morgan fingerprint density at radius 2 is 1.00 bits per heavy atom. The fourth-order valence-electron chi connectivity index (χ4n) is 4.32. The Labute approximate surface area is 226 Å². The second kappa shape index (κ2) is 11.8. The summed E-state index contributed by atoms with van der Waals surface area (Å²) in [7, 11) is 0. The molecule has 0 aromatic heterocycles. The molecule has 4 aromatic carbocycles. The smallest absolute Gasteiger partial charge is 0.295 e. The van der Waals surface area contributed by atoms with Gasteiger partial charge in [0.2, 0.25) is 0 Å². The standard InChI is InChI=1S/C16H18N2O2.C16H20N2/c1-10-6-5-7-15(16(10)18(19)20)17-14-8-11(2)13(4)12(3)9-14;1-10-6-5-7-15(16(10)17)18-14-8-11(2)13(4)12(3)9-14/h5-9,17H,1-4H3;5-9,18H,17H2,1-4H3. The summed E-state index contributed by atoms with van der Waals surface area (Å²) >= 11 is 0. The first-order chi connectivity index (χ1) is 17.9. The van der Waals surface area contributed by atoms with Gasteiger partial charge in [0.05, 0.1) is 16.3 Å². The van der Waals surface area contributed by atoms with E-state index in [0.29, 0.717) is 11.3 Å². The highest BCUT2D eigenvalue weighted by Crippen LogP contribution is 2.32. The van der Waals surface area contributed by atoms with Crippen LogP contribution in [0.4, 0.5) is 34.1 Å². The molecule has 0 radical (unpaired) electrons. The molecule has 38 heavy (non-hydrogen) atoms. The van der Waals surface area contributed by atoms with E-state index in [1.54, 1.807) is 19.1 Å². The van der Waals surface area contributed by atoms with E-state index in [1.807, 2.05) is 57.2 Å². The monoisotopic (exact) mass is 510 g/mol. The number of anilines is 5. The van der Waals surface area contributed by atoms with Crippen LogP contribution in [0, 0.1) is 65.5 Å². The van der Waals surface area contributed by atoms with Crippen LogP contribution in [0.2, 0.25) is 0 Å². The topological polar surface area (TPSA) is 93.2 Å². The number of rotatable bonds is 5. The van der Waals surface area contributed by atoms with Gasteiger partial charge in [-0.05, 0) is 131 Å². The number of nitrogens with two attached hydrogens (primary N) is 1. The third-order valence-corrected chi connectivity index (χ3v) is 7.16. The third kappa shape index (κ3) is 6.51. The molecule has 0 aliphatic heterocycles. The Kier molecular flexibility index (Phi) is 8.79. The number of nitrogens with zero attached hydrogens (tertiary/aromatic N) is 1. The van der Waals surface area contributed by atoms with E-state index in [1.165, 1.54) is 33.4 Å². The van der Waals surface area contributed by atoms with Crippen molar-refractivity contribution in [3.8, 4) is 0 Å². The second-order valence-corrected chi connectivity index (χ2v) is 9.98. The van der Waals surface area contributed by atoms with E-state index in [0.717, 1.165) is 28.3 Å². The first kappa shape index (κ1) is 28.3. The number of aryl methyl sites for hydroxylation is 6. The van der Waals surface area contributed by atoms with Crippen LogP contribution in [0.15, 0.2) is 60.7 Å². The second-order valence-electron chi connectivity index (χ2n) is 9.98. The van der Waals surface area contributed by atoms with Crippen LogP contribution >= 0.6 is 0 Å². The minimum Gasteiger partial charge on any atom is -0.397 e. The highest BCUT2D eigenvalue weighted by atomic mass is 16.6. The zero-order valence-electron chi connectivity index (χ0n) is 23.6. The van der Waals surface area contributed by atoms with Crippen molar-refractivity contribution in [3.63, 3.8) is 0 Å². The van der Waals surface area contributed by atoms with Crippen LogP contribution in [-0.4, -0.2) is 4.92 Å². The highest BCUT2D eigenvalue weighted by molar-refractivity contribution is 5.75. The summed E-state index contributed by atoms with van der Waals surface area (Å²) < 4.78 is 0. The lowest BCUT2D eigenvalue weighted by molar-refractivity contribution is -0.384. The van der Waals surface area contributed by atoms with Gasteiger partial charge in [-0.15, -0.1) is 0 Å². The highest BCUT2D eigenvalue weighted by Gasteiger charge is 2.17. The van der Waals surface area contributed by atoms with Crippen molar-refractivity contribution in [2.24, 2.45) is 0 Å². The largest absolute Gasteiger partial charge is 0.397 e. The minimum atomic E-state index is -0.342. The van der Waals surface area contributed by atoms with Crippen LogP contribution in [-0.2, 0) is 0 Å². The molecule has 4 rings (SSSR count). The van der Waals surface area contributed by atoms with Crippen molar-refractivity contribution in [1.82, 2.24) is 0 Å². The van der Waals surface area contributed by atoms with Gasteiger partial charge in [0.15, 0.2) is 0 Å². The number of nitro benzene ring substituents is 1. The minimum absolute atomic E-state index is 0.128. The van der Waals surface area contributed by atoms with Crippen molar-refractivity contribution in [2.75, 3.05) is 16.4 Å². The van der Waals surface area contributed by atoms with Crippen molar-refractivity contribution < 1.29 is 4.92 Å². The lowest BCUT2D eigenvalue weighted by Gasteiger charge is -2.14. The quantitative estimate of drug-likeness (QED) is 0.142. The van der Waals surface area contributed by atoms with Gasteiger partial charge >= 0.3 is 0 Å². The molecule has 0 aliphatic carbocycles. The van der Waals surface area contributed by atoms with Crippen molar-refractivity contribution in [1.29, 1.82) is 0 Å². The van der Waals surface area contributed by atoms with E-state index < -0.39 is 0 Å². The van der Waals surface area contributed by atoms with E-state index in [2.05, 4.69) is 50.5 Å². The van der Waals surface area contributed by atoms with Gasteiger partial charge in [0.25, 0.3) is 5.69 Å². The Morgan fingerprint density at radius 1 is 0.605 bits per heavy atom. The molecule has 6 nitrogen and oxygen atoms in total. The average Bonchev–Trinajstić information content (AvgIpc) is 2.84. The van der Waals surface area contributed by atoms with E-state index in [9.17, 15) is 10.1 Å². The van der Waals surface area contributed by atoms with Crippen molar-refractivity contribution in [2.45, 2.75) is 55.4 Å². The van der Waals surface area contributed by atoms with Gasteiger partial charge in [-0.1, -0.05) is 24.3 Å². The maximum absolute atomic E-state index is 11.2. The van der Waals surface area contributed by atoms with Crippen LogP contribution in [0.1, 0.15) is 44.5 Å². The third-order valence-electron chi connectivity index (χ3n) is 7.16. The number of nitrogen functional groups attached to an aromatic ring is 1. The van der Waals surface area contributed by atoms with Crippen LogP contribution < -0.4 is 16.4 Å². The molecule has 0 saturated heterocycles. The SMILES string of the molecule is Cc1cc(Nc2cccc(C)c2N)cc(C)c1C.Cc1cc(Nc2cccc(C)c2[N+](=O)[O-])cc(C)c1C. The Balaban J connectivity index is 0.000000212. The predicted molar refractivity (Wildman–Crippen MR) is 161 cm³/mol. The molecule has 0 heterocycles. The molecule has 0 amide bonds. The Morgan fingerprint density at radius 3 is 1.45 bits per heavy atom. The molecular weight excluding hydrogens is 472 g/mol. The molecule has 4 aromatic rings. The fraction of sp³-hybridized carbons (Fsp3) is 0.250. The lowest BCUT2D eigenvalue weighted by atomic mass is 10.0. The molecular formula is C32H38N4O2. The molecule has 0 bridgehead atoms. The van der Waals surface area contributed by atoms with E-state index in [-0.39, 0.29) is 10.6 Å². The Hall–Kier alpha value is -4.32. The average molecular weight is 511 g/mol. The first-order valence-electron chi connectivity index (χ1n) is 12.7. The summed E-state index contributed by atoms with van der Waals surface area (Å²) in [4.78, 5) is 10.8. The molecule has 0 saturated carbocycles. The summed E-state index contributed by atoms with van der Waals surface area (Å²) in [6, 6.07) is 19.7. The van der Waals surface area contributed by atoms with Crippen LogP contribution in [0.3, 0.4) is 0 Å². The zero-order valence-corrected chi connectivity index (χ0v) is 23.6. The molecule has 0 fully saturated rings. The number of para-hydroxylation sites is 2. The maximum Gasteiger partial charge on any atom is 0.295 e. The summed E-state index contributed by atoms with van der Waals surface area (Å²) in [6.45, 7) is 16.3. The number of hydrogen-bond donors (Lipinski definition) is 3. The number of nitro groups is 1. The van der Waals surface area contributed by atoms with E-state index >= 15 is 0 Å². The van der Waals surface area contributed by atoms with Gasteiger partial charge in [-0.2, -0.15) is 0 Å². The molecule has 0 aliphatic rings. The first-order valence-corrected chi connectivity index (χ1v) is 12.7. The maximum atomic E-state index is 11.2. The number of hydrogen-bond acceptors (Lipinski definition) is 5. The molecule has 198 valence electrons. The molecule has 0 unspecified atom stereocenters.